The van der Waals surface area contributed by atoms with Gasteiger partial charge in [-0.05, 0) is 48.6 Å². The van der Waals surface area contributed by atoms with Gasteiger partial charge in [-0.1, -0.05) is 29.4 Å². The molecule has 126 valence electrons. The van der Waals surface area contributed by atoms with Crippen molar-refractivity contribution in [1.82, 2.24) is 5.43 Å². The zero-order chi connectivity index (χ0) is 17.5. The van der Waals surface area contributed by atoms with E-state index in [1.165, 1.54) is 18.3 Å². The van der Waals surface area contributed by atoms with Gasteiger partial charge in [-0.2, -0.15) is 13.9 Å². The summed E-state index contributed by atoms with van der Waals surface area (Å²) in [5.74, 6) is -2.97. The first-order valence-corrected chi connectivity index (χ1v) is 8.21. The van der Waals surface area contributed by atoms with Crippen LogP contribution in [0.5, 0.6) is 0 Å². The summed E-state index contributed by atoms with van der Waals surface area (Å²) in [7, 11) is 0. The lowest BCUT2D eigenvalue weighted by molar-refractivity contribution is 0.252. The Morgan fingerprint density at radius 2 is 1.92 bits per heavy atom. The average Bonchev–Trinajstić information content (AvgIpc) is 2.52. The lowest BCUT2D eigenvalue weighted by Gasteiger charge is -2.08. The SMILES string of the molecule is Fc1cccc(Cl)c1/C=N\NC(=S)Nc1ccc(SC(F)F)cc1. The van der Waals surface area contributed by atoms with E-state index in [2.05, 4.69) is 15.8 Å². The van der Waals surface area contributed by atoms with Crippen LogP contribution >= 0.6 is 35.6 Å². The monoisotopic (exact) mass is 389 g/mol. The number of hydrogen-bond donors (Lipinski definition) is 2. The summed E-state index contributed by atoms with van der Waals surface area (Å²) in [4.78, 5) is 0.446. The Bertz CT molecular complexity index is 719. The summed E-state index contributed by atoms with van der Waals surface area (Å²) < 4.78 is 38.0. The van der Waals surface area contributed by atoms with Crippen LogP contribution in [0.2, 0.25) is 5.02 Å². The summed E-state index contributed by atoms with van der Waals surface area (Å²) in [6, 6.07) is 10.6. The predicted octanol–water partition coefficient (Wildman–Crippen LogP) is 5.11. The molecule has 9 heteroatoms. The highest BCUT2D eigenvalue weighted by molar-refractivity contribution is 7.99. The summed E-state index contributed by atoms with van der Waals surface area (Å²) in [5.41, 5.74) is 3.26. The largest absolute Gasteiger partial charge is 0.331 e. The number of thiocarbonyl (C=S) groups is 1. The van der Waals surface area contributed by atoms with Gasteiger partial charge < -0.3 is 5.32 Å². The molecule has 0 spiro atoms. The number of nitrogens with zero attached hydrogens (tertiary/aromatic N) is 1. The van der Waals surface area contributed by atoms with Gasteiger partial charge in [0.2, 0.25) is 0 Å². The molecule has 0 unspecified atom stereocenters. The van der Waals surface area contributed by atoms with E-state index in [9.17, 15) is 13.2 Å². The molecule has 0 saturated heterocycles. The van der Waals surface area contributed by atoms with Crippen molar-refractivity contribution in [3.8, 4) is 0 Å². The van der Waals surface area contributed by atoms with Gasteiger partial charge in [0.25, 0.3) is 5.76 Å². The molecule has 24 heavy (non-hydrogen) atoms. The minimum Gasteiger partial charge on any atom is -0.331 e. The van der Waals surface area contributed by atoms with Crippen molar-refractivity contribution in [3.63, 3.8) is 0 Å². The third-order valence-electron chi connectivity index (χ3n) is 2.70. The normalized spacial score (nSPS) is 11.0. The highest BCUT2D eigenvalue weighted by Crippen LogP contribution is 2.26. The van der Waals surface area contributed by atoms with E-state index in [1.54, 1.807) is 30.3 Å². The van der Waals surface area contributed by atoms with E-state index < -0.39 is 11.6 Å². The highest BCUT2D eigenvalue weighted by atomic mass is 35.5. The van der Waals surface area contributed by atoms with Gasteiger partial charge in [-0.3, -0.25) is 5.43 Å². The molecule has 0 saturated carbocycles. The lowest BCUT2D eigenvalue weighted by atomic mass is 10.2. The van der Waals surface area contributed by atoms with Crippen LogP contribution in [0, 0.1) is 5.82 Å². The third kappa shape index (κ3) is 5.70. The number of nitrogens with one attached hydrogen (secondary N) is 2. The maximum absolute atomic E-state index is 13.5. The van der Waals surface area contributed by atoms with Crippen LogP contribution in [-0.2, 0) is 0 Å². The van der Waals surface area contributed by atoms with Gasteiger partial charge >= 0.3 is 0 Å². The molecule has 2 rings (SSSR count). The van der Waals surface area contributed by atoms with Crippen LogP contribution in [-0.4, -0.2) is 17.1 Å². The molecule has 2 N–H and O–H groups in total. The minimum atomic E-state index is -2.47. The van der Waals surface area contributed by atoms with Crippen molar-refractivity contribution in [2.24, 2.45) is 5.10 Å². The van der Waals surface area contributed by atoms with E-state index in [4.69, 9.17) is 23.8 Å². The van der Waals surface area contributed by atoms with Crippen LogP contribution in [0.1, 0.15) is 5.56 Å². The number of benzene rings is 2. The Balaban J connectivity index is 1.90. The number of rotatable bonds is 5. The predicted molar refractivity (Wildman–Crippen MR) is 96.7 cm³/mol. The van der Waals surface area contributed by atoms with Crippen molar-refractivity contribution in [2.45, 2.75) is 10.7 Å². The Labute approximate surface area is 151 Å². The minimum absolute atomic E-state index is 0.142. The molecule has 0 fully saturated rings. The van der Waals surface area contributed by atoms with Crippen molar-refractivity contribution in [2.75, 3.05) is 5.32 Å². The number of hydrazone groups is 1. The molecule has 0 radical (unpaired) electrons. The molecule has 3 nitrogen and oxygen atoms in total. The van der Waals surface area contributed by atoms with E-state index in [0.29, 0.717) is 22.3 Å². The molecule has 0 bridgehead atoms. The summed E-state index contributed by atoms with van der Waals surface area (Å²) in [5, 5.41) is 7.02. The van der Waals surface area contributed by atoms with E-state index in [1.807, 2.05) is 0 Å². The fourth-order valence-electron chi connectivity index (χ4n) is 1.67. The standard InChI is InChI=1S/C15H11ClF3N3S2/c16-12-2-1-3-13(17)11(12)8-20-22-15(23)21-9-4-6-10(7-5-9)24-14(18)19/h1-8,14H,(H2,21,22,23)/b20-8-. The first-order chi connectivity index (χ1) is 11.5. The molecule has 0 aromatic heterocycles. The van der Waals surface area contributed by atoms with E-state index >= 15 is 0 Å². The number of alkyl halides is 2. The summed E-state index contributed by atoms with van der Waals surface area (Å²) in [6.45, 7) is 0. The van der Waals surface area contributed by atoms with Crippen molar-refractivity contribution < 1.29 is 13.2 Å². The van der Waals surface area contributed by atoms with E-state index in [-0.39, 0.29) is 15.7 Å². The Morgan fingerprint density at radius 1 is 1.21 bits per heavy atom. The van der Waals surface area contributed by atoms with Gasteiger partial charge in [0.1, 0.15) is 5.82 Å². The van der Waals surface area contributed by atoms with Gasteiger partial charge in [0.15, 0.2) is 5.11 Å². The molecule has 0 atom stereocenters. The summed E-state index contributed by atoms with van der Waals surface area (Å²) >= 11 is 11.4. The van der Waals surface area contributed by atoms with Gasteiger partial charge in [0.05, 0.1) is 11.2 Å². The van der Waals surface area contributed by atoms with Crippen molar-refractivity contribution >= 4 is 52.6 Å². The van der Waals surface area contributed by atoms with Crippen molar-refractivity contribution in [3.05, 3.63) is 58.9 Å². The number of anilines is 1. The first-order valence-electron chi connectivity index (χ1n) is 6.54. The van der Waals surface area contributed by atoms with Crippen LogP contribution in [0.4, 0.5) is 18.9 Å². The molecular formula is C15H11ClF3N3S2. The second kappa shape index (κ2) is 8.91. The molecule has 0 heterocycles. The Morgan fingerprint density at radius 3 is 2.54 bits per heavy atom. The lowest BCUT2D eigenvalue weighted by Crippen LogP contribution is -2.23. The van der Waals surface area contributed by atoms with Gasteiger partial charge in [-0.25, -0.2) is 4.39 Å². The maximum Gasteiger partial charge on any atom is 0.288 e. The molecule has 0 amide bonds. The fourth-order valence-corrected chi connectivity index (χ4v) is 2.55. The van der Waals surface area contributed by atoms with Gasteiger partial charge in [-0.15, -0.1) is 0 Å². The number of halogens is 4. The van der Waals surface area contributed by atoms with Crippen LogP contribution in [0.3, 0.4) is 0 Å². The number of thioether (sulfide) groups is 1. The molecule has 2 aromatic carbocycles. The van der Waals surface area contributed by atoms with Crippen LogP contribution < -0.4 is 10.7 Å². The Kier molecular flexibility index (Phi) is 6.89. The van der Waals surface area contributed by atoms with Crippen molar-refractivity contribution in [1.29, 1.82) is 0 Å². The van der Waals surface area contributed by atoms with E-state index in [0.717, 1.165) is 0 Å². The molecule has 0 aliphatic carbocycles. The quantitative estimate of drug-likeness (QED) is 0.322. The topological polar surface area (TPSA) is 36.4 Å². The second-order valence-corrected chi connectivity index (χ2v) is 6.24. The van der Waals surface area contributed by atoms with Crippen LogP contribution in [0.15, 0.2) is 52.5 Å². The van der Waals surface area contributed by atoms with Gasteiger partial charge in [0, 0.05) is 16.1 Å². The maximum atomic E-state index is 13.5. The molecular weight excluding hydrogens is 379 g/mol. The number of hydrogen-bond acceptors (Lipinski definition) is 3. The molecule has 2 aromatic rings. The fraction of sp³-hybridized carbons (Fsp3) is 0.0667. The average molecular weight is 390 g/mol. The first kappa shape index (κ1) is 18.6. The Hall–Kier alpha value is -1.77. The summed E-state index contributed by atoms with van der Waals surface area (Å²) in [6.07, 6.45) is 1.22. The zero-order valence-corrected chi connectivity index (χ0v) is 14.4. The zero-order valence-electron chi connectivity index (χ0n) is 12.0. The third-order valence-corrected chi connectivity index (χ3v) is 3.94. The second-order valence-electron chi connectivity index (χ2n) is 4.36. The van der Waals surface area contributed by atoms with Crippen LogP contribution in [0.25, 0.3) is 0 Å². The molecule has 0 aliphatic heterocycles. The smallest absolute Gasteiger partial charge is 0.288 e. The highest BCUT2D eigenvalue weighted by Gasteiger charge is 2.05. The molecule has 0 aliphatic rings.